The van der Waals surface area contributed by atoms with Crippen molar-refractivity contribution in [2.45, 2.75) is 57.0 Å². The van der Waals surface area contributed by atoms with Crippen LogP contribution in [0.15, 0.2) is 0 Å². The van der Waals surface area contributed by atoms with Crippen LogP contribution in [0.25, 0.3) is 0 Å². The highest BCUT2D eigenvalue weighted by Gasteiger charge is 2.40. The van der Waals surface area contributed by atoms with E-state index in [0.29, 0.717) is 19.4 Å². The molecule has 0 aromatic heterocycles. The molecule has 0 bridgehead atoms. The maximum absolute atomic E-state index is 12.5. The van der Waals surface area contributed by atoms with Gasteiger partial charge in [-0.2, -0.15) is 0 Å². The molecule has 2 fully saturated rings. The topological polar surface area (TPSA) is 97.3 Å². The first-order chi connectivity index (χ1) is 11.5. The number of nitrogens with one attached hydrogen (secondary N) is 1. The van der Waals surface area contributed by atoms with Crippen molar-refractivity contribution in [2.75, 3.05) is 33.4 Å². The van der Waals surface area contributed by atoms with Gasteiger partial charge >= 0.3 is 12.0 Å². The molecule has 8 nitrogen and oxygen atoms in total. The first-order valence-electron chi connectivity index (χ1n) is 8.57. The SMILES string of the molecule is CCCNC(=O)N1C[C@H](O)COC[C@H]2O[C@H](CC(=O)OC)CC[C@@H]21. The van der Waals surface area contributed by atoms with Crippen LogP contribution >= 0.6 is 0 Å². The van der Waals surface area contributed by atoms with E-state index in [1.54, 1.807) is 4.90 Å². The fourth-order valence-electron chi connectivity index (χ4n) is 3.18. The number of urea groups is 1. The lowest BCUT2D eigenvalue weighted by molar-refractivity contribution is -0.159. The Bertz CT molecular complexity index is 433. The molecule has 24 heavy (non-hydrogen) atoms. The highest BCUT2D eigenvalue weighted by molar-refractivity contribution is 5.74. The van der Waals surface area contributed by atoms with Crippen molar-refractivity contribution >= 4 is 12.0 Å². The standard InChI is InChI=1S/C16H28N2O6/c1-3-6-17-16(21)18-8-11(19)9-23-10-14-13(18)5-4-12(24-14)7-15(20)22-2/h11-14,19H,3-10H2,1-2H3,(H,17,21)/t11-,12-,13-,14+/m0/s1. The monoisotopic (exact) mass is 344 g/mol. The molecule has 0 aromatic rings. The van der Waals surface area contributed by atoms with Gasteiger partial charge in [-0.3, -0.25) is 4.79 Å². The molecular formula is C16H28N2O6. The maximum Gasteiger partial charge on any atom is 0.317 e. The van der Waals surface area contributed by atoms with Crippen molar-refractivity contribution in [1.82, 2.24) is 10.2 Å². The van der Waals surface area contributed by atoms with Gasteiger partial charge in [0.25, 0.3) is 0 Å². The van der Waals surface area contributed by atoms with Crippen LogP contribution in [0.5, 0.6) is 0 Å². The van der Waals surface area contributed by atoms with Crippen LogP contribution in [0, 0.1) is 0 Å². The molecule has 8 heteroatoms. The Hall–Kier alpha value is -1.38. The molecule has 2 N–H and O–H groups in total. The van der Waals surface area contributed by atoms with Crippen molar-refractivity contribution in [3.8, 4) is 0 Å². The number of hydrogen-bond donors (Lipinski definition) is 2. The lowest BCUT2D eigenvalue weighted by atomic mass is 9.95. The first kappa shape index (κ1) is 19.0. The molecule has 2 saturated heterocycles. The van der Waals surface area contributed by atoms with E-state index < -0.39 is 6.10 Å². The number of nitrogens with zero attached hydrogens (tertiary/aromatic N) is 1. The van der Waals surface area contributed by atoms with Crippen LogP contribution in [0.2, 0.25) is 0 Å². The largest absolute Gasteiger partial charge is 0.469 e. The summed E-state index contributed by atoms with van der Waals surface area (Å²) in [6.45, 7) is 3.23. The Labute approximate surface area is 142 Å². The average Bonchev–Trinajstić information content (AvgIpc) is 2.56. The predicted octanol–water partition coefficient (Wildman–Crippen LogP) is 0.278. The van der Waals surface area contributed by atoms with Gasteiger partial charge in [0.15, 0.2) is 0 Å². The Morgan fingerprint density at radius 3 is 2.83 bits per heavy atom. The summed E-state index contributed by atoms with van der Waals surface area (Å²) in [6.07, 6.45) is 1.14. The fourth-order valence-corrected chi connectivity index (χ4v) is 3.18. The normalized spacial score (nSPS) is 30.7. The summed E-state index contributed by atoms with van der Waals surface area (Å²) in [4.78, 5) is 25.6. The van der Waals surface area contributed by atoms with Gasteiger partial charge in [0, 0.05) is 6.54 Å². The summed E-state index contributed by atoms with van der Waals surface area (Å²) in [6, 6.07) is -0.367. The molecule has 0 aliphatic carbocycles. The van der Waals surface area contributed by atoms with Crippen LogP contribution in [0.1, 0.15) is 32.6 Å². The zero-order valence-electron chi connectivity index (χ0n) is 14.4. The number of carbonyl (C=O) groups excluding carboxylic acids is 2. The number of hydrogen-bond acceptors (Lipinski definition) is 6. The number of amides is 2. The van der Waals surface area contributed by atoms with Crippen molar-refractivity contribution < 1.29 is 28.9 Å². The second-order valence-electron chi connectivity index (χ2n) is 6.30. The maximum atomic E-state index is 12.5. The third-order valence-electron chi connectivity index (χ3n) is 4.39. The number of esters is 1. The number of methoxy groups -OCH3 is 1. The number of carbonyl (C=O) groups is 2. The molecule has 2 rings (SSSR count). The minimum absolute atomic E-state index is 0.159. The van der Waals surface area contributed by atoms with E-state index in [1.165, 1.54) is 7.11 Å². The van der Waals surface area contributed by atoms with E-state index in [2.05, 4.69) is 5.32 Å². The Morgan fingerprint density at radius 2 is 2.12 bits per heavy atom. The van der Waals surface area contributed by atoms with Crippen molar-refractivity contribution in [3.05, 3.63) is 0 Å². The van der Waals surface area contributed by atoms with Gasteiger partial charge in [-0.05, 0) is 19.3 Å². The number of aliphatic hydroxyl groups is 1. The smallest absolute Gasteiger partial charge is 0.317 e. The number of ether oxygens (including phenoxy) is 3. The number of fused-ring (bicyclic) bond motifs is 1. The van der Waals surface area contributed by atoms with Gasteiger partial charge in [-0.1, -0.05) is 6.92 Å². The Balaban J connectivity index is 2.05. The molecule has 2 aliphatic rings. The molecule has 2 aliphatic heterocycles. The molecule has 138 valence electrons. The molecule has 0 radical (unpaired) electrons. The van der Waals surface area contributed by atoms with Gasteiger partial charge in [0.1, 0.15) is 6.10 Å². The molecule has 0 saturated carbocycles. The van der Waals surface area contributed by atoms with Crippen LogP contribution in [-0.4, -0.2) is 79.8 Å². The van der Waals surface area contributed by atoms with E-state index >= 15 is 0 Å². The van der Waals surface area contributed by atoms with Crippen LogP contribution in [-0.2, 0) is 19.0 Å². The van der Waals surface area contributed by atoms with Gasteiger partial charge in [0.05, 0.1) is 51.5 Å². The number of aliphatic hydroxyl groups excluding tert-OH is 1. The fraction of sp³-hybridized carbons (Fsp3) is 0.875. The molecule has 0 unspecified atom stereocenters. The lowest BCUT2D eigenvalue weighted by Crippen LogP contribution is -2.59. The second kappa shape index (κ2) is 9.19. The lowest BCUT2D eigenvalue weighted by Gasteiger charge is -2.44. The van der Waals surface area contributed by atoms with Crippen LogP contribution in [0.3, 0.4) is 0 Å². The summed E-state index contributed by atoms with van der Waals surface area (Å²) >= 11 is 0. The highest BCUT2D eigenvalue weighted by atomic mass is 16.6. The van der Waals surface area contributed by atoms with E-state index in [9.17, 15) is 14.7 Å². The molecule has 0 spiro atoms. The van der Waals surface area contributed by atoms with Gasteiger partial charge in [-0.25, -0.2) is 4.79 Å². The highest BCUT2D eigenvalue weighted by Crippen LogP contribution is 2.27. The summed E-state index contributed by atoms with van der Waals surface area (Å²) in [5, 5.41) is 12.9. The van der Waals surface area contributed by atoms with E-state index in [4.69, 9.17) is 14.2 Å². The Morgan fingerprint density at radius 1 is 1.33 bits per heavy atom. The van der Waals surface area contributed by atoms with Gasteiger partial charge in [-0.15, -0.1) is 0 Å². The third-order valence-corrected chi connectivity index (χ3v) is 4.39. The van der Waals surface area contributed by atoms with Gasteiger partial charge in [0.2, 0.25) is 0 Å². The quantitative estimate of drug-likeness (QED) is 0.711. The van der Waals surface area contributed by atoms with E-state index in [-0.39, 0.29) is 56.4 Å². The molecule has 4 atom stereocenters. The van der Waals surface area contributed by atoms with Gasteiger partial charge < -0.3 is 29.5 Å². The zero-order chi connectivity index (χ0) is 17.5. The molecule has 2 amide bonds. The Kier molecular flexibility index (Phi) is 7.26. The van der Waals surface area contributed by atoms with E-state index in [1.807, 2.05) is 6.92 Å². The zero-order valence-corrected chi connectivity index (χ0v) is 14.4. The van der Waals surface area contributed by atoms with E-state index in [0.717, 1.165) is 6.42 Å². The van der Waals surface area contributed by atoms with Crippen LogP contribution in [0.4, 0.5) is 4.79 Å². The number of β-amino-alcohol motifs (C(OH)–C–C–N with tert-alkyl or cyclic N) is 1. The average molecular weight is 344 g/mol. The predicted molar refractivity (Wildman–Crippen MR) is 85.5 cm³/mol. The first-order valence-corrected chi connectivity index (χ1v) is 8.57. The summed E-state index contributed by atoms with van der Waals surface area (Å²) in [7, 11) is 1.36. The second-order valence-corrected chi connectivity index (χ2v) is 6.30. The molecule has 2 heterocycles. The summed E-state index contributed by atoms with van der Waals surface area (Å²) in [5.41, 5.74) is 0. The minimum atomic E-state index is -0.717. The molecule has 0 aromatic carbocycles. The number of rotatable bonds is 4. The summed E-state index contributed by atoms with van der Waals surface area (Å²) in [5.74, 6) is -0.307. The minimum Gasteiger partial charge on any atom is -0.469 e. The van der Waals surface area contributed by atoms with Crippen molar-refractivity contribution in [1.29, 1.82) is 0 Å². The summed E-state index contributed by atoms with van der Waals surface area (Å²) < 4.78 is 16.2. The van der Waals surface area contributed by atoms with Crippen molar-refractivity contribution in [2.24, 2.45) is 0 Å². The third kappa shape index (κ3) is 5.06. The van der Waals surface area contributed by atoms with Crippen molar-refractivity contribution in [3.63, 3.8) is 0 Å². The molecular weight excluding hydrogens is 316 g/mol. The van der Waals surface area contributed by atoms with Crippen LogP contribution < -0.4 is 5.32 Å².